The van der Waals surface area contributed by atoms with Crippen molar-refractivity contribution in [1.82, 2.24) is 0 Å². The Morgan fingerprint density at radius 3 is 2.56 bits per heavy atom. The van der Waals surface area contributed by atoms with Gasteiger partial charge in [0.1, 0.15) is 5.75 Å². The van der Waals surface area contributed by atoms with Crippen molar-refractivity contribution in [1.29, 1.82) is 0 Å². The van der Waals surface area contributed by atoms with Crippen LogP contribution >= 0.6 is 15.9 Å². The Morgan fingerprint density at radius 2 is 2.06 bits per heavy atom. The van der Waals surface area contributed by atoms with Gasteiger partial charge in [0.25, 0.3) is 0 Å². The number of hydrogen-bond acceptors (Lipinski definition) is 3. The summed E-state index contributed by atoms with van der Waals surface area (Å²) in [6.07, 6.45) is 0. The third kappa shape index (κ3) is 3.15. The van der Waals surface area contributed by atoms with E-state index in [9.17, 15) is 17.2 Å². The van der Waals surface area contributed by atoms with Gasteiger partial charge in [-0.2, -0.15) is 8.78 Å². The minimum Gasteiger partial charge on any atom is -0.496 e. The van der Waals surface area contributed by atoms with Crippen LogP contribution in [0.2, 0.25) is 0 Å². The van der Waals surface area contributed by atoms with Gasteiger partial charge >= 0.3 is 5.76 Å². The van der Waals surface area contributed by atoms with Gasteiger partial charge in [-0.1, -0.05) is 15.9 Å². The lowest BCUT2D eigenvalue weighted by Crippen LogP contribution is -2.14. The van der Waals surface area contributed by atoms with Crippen LogP contribution in [0, 0.1) is 0 Å². The lowest BCUT2D eigenvalue weighted by molar-refractivity contribution is 0.234. The molecule has 90 valence electrons. The highest BCUT2D eigenvalue weighted by Gasteiger charge is 2.25. The molecular formula is C9H9BrF2O3S. The van der Waals surface area contributed by atoms with E-state index in [1.807, 2.05) is 0 Å². The summed E-state index contributed by atoms with van der Waals surface area (Å²) in [7, 11) is -3.09. The normalized spacial score (nSPS) is 11.8. The third-order valence-electron chi connectivity index (χ3n) is 1.87. The van der Waals surface area contributed by atoms with Gasteiger partial charge in [0, 0.05) is 10.0 Å². The molecule has 0 spiro atoms. The molecule has 7 heteroatoms. The third-order valence-corrected chi connectivity index (χ3v) is 3.62. The van der Waals surface area contributed by atoms with E-state index in [2.05, 4.69) is 15.9 Å². The van der Waals surface area contributed by atoms with Gasteiger partial charge in [-0.05, 0) is 18.2 Å². The van der Waals surface area contributed by atoms with Crippen LogP contribution in [0.15, 0.2) is 22.7 Å². The van der Waals surface area contributed by atoms with E-state index in [4.69, 9.17) is 4.74 Å². The Bertz CT molecular complexity index is 474. The fraction of sp³-hybridized carbons (Fsp3) is 0.333. The van der Waals surface area contributed by atoms with Gasteiger partial charge in [-0.25, -0.2) is 8.42 Å². The van der Waals surface area contributed by atoms with E-state index in [1.54, 1.807) is 6.07 Å². The van der Waals surface area contributed by atoms with Crippen molar-refractivity contribution in [3.8, 4) is 5.75 Å². The molecule has 3 nitrogen and oxygen atoms in total. The van der Waals surface area contributed by atoms with E-state index >= 15 is 0 Å². The van der Waals surface area contributed by atoms with Gasteiger partial charge in [0.15, 0.2) is 0 Å². The quantitative estimate of drug-likeness (QED) is 0.858. The molecule has 0 fully saturated rings. The van der Waals surface area contributed by atoms with Crippen LogP contribution < -0.4 is 4.74 Å². The molecule has 0 N–H and O–H groups in total. The Morgan fingerprint density at radius 1 is 1.44 bits per heavy atom. The predicted octanol–water partition coefficient (Wildman–Crippen LogP) is 2.60. The summed E-state index contributed by atoms with van der Waals surface area (Å²) in [5.74, 6) is -3.85. The largest absolute Gasteiger partial charge is 0.496 e. The molecule has 16 heavy (non-hydrogen) atoms. The van der Waals surface area contributed by atoms with Gasteiger partial charge in [0.2, 0.25) is 9.84 Å². The molecule has 0 aromatic heterocycles. The standard InChI is InChI=1S/C9H9BrF2O3S/c1-15-8-3-2-7(10)4-6(8)5-16(13,14)9(11)12/h2-4,9H,5H2,1H3. The van der Waals surface area contributed by atoms with Gasteiger partial charge in [-0.3, -0.25) is 0 Å². The topological polar surface area (TPSA) is 43.4 Å². The van der Waals surface area contributed by atoms with E-state index in [-0.39, 0.29) is 11.3 Å². The number of sulfone groups is 1. The van der Waals surface area contributed by atoms with E-state index < -0.39 is 21.3 Å². The monoisotopic (exact) mass is 314 g/mol. The molecule has 0 radical (unpaired) electrons. The molecule has 0 saturated carbocycles. The van der Waals surface area contributed by atoms with Crippen LogP contribution in [-0.2, 0) is 15.6 Å². The van der Waals surface area contributed by atoms with Crippen molar-refractivity contribution >= 4 is 25.8 Å². The Hall–Kier alpha value is -0.690. The molecule has 1 aromatic carbocycles. The highest BCUT2D eigenvalue weighted by atomic mass is 79.9. The lowest BCUT2D eigenvalue weighted by Gasteiger charge is -2.09. The van der Waals surface area contributed by atoms with Crippen molar-refractivity contribution in [2.75, 3.05) is 7.11 Å². The summed E-state index contributed by atoms with van der Waals surface area (Å²) in [5.41, 5.74) is 0.206. The number of halogens is 3. The van der Waals surface area contributed by atoms with Crippen LogP contribution in [0.1, 0.15) is 5.56 Å². The predicted molar refractivity (Wildman–Crippen MR) is 59.3 cm³/mol. The molecule has 0 amide bonds. The second-order valence-electron chi connectivity index (χ2n) is 3.02. The first kappa shape index (κ1) is 13.4. The minimum atomic E-state index is -4.43. The molecule has 0 aliphatic rings. The highest BCUT2D eigenvalue weighted by Crippen LogP contribution is 2.26. The SMILES string of the molecule is COc1ccc(Br)cc1CS(=O)(=O)C(F)F. The Balaban J connectivity index is 3.10. The summed E-state index contributed by atoms with van der Waals surface area (Å²) in [6.45, 7) is 0. The molecule has 0 aliphatic heterocycles. The summed E-state index contributed by atoms with van der Waals surface area (Å²) >= 11 is 3.13. The Labute approximate surface area is 100 Å². The Kier molecular flexibility index (Phi) is 4.26. The van der Waals surface area contributed by atoms with Crippen LogP contribution in [0.4, 0.5) is 8.78 Å². The number of benzene rings is 1. The van der Waals surface area contributed by atoms with Crippen molar-refractivity contribution < 1.29 is 21.9 Å². The van der Waals surface area contributed by atoms with Crippen LogP contribution in [0.25, 0.3) is 0 Å². The summed E-state index contributed by atoms with van der Waals surface area (Å²) in [5, 5.41) is 0. The van der Waals surface area contributed by atoms with Crippen molar-refractivity contribution in [2.45, 2.75) is 11.5 Å². The number of hydrogen-bond donors (Lipinski definition) is 0. The first-order valence-electron chi connectivity index (χ1n) is 4.19. The molecule has 0 heterocycles. The van der Waals surface area contributed by atoms with Crippen molar-refractivity contribution in [2.24, 2.45) is 0 Å². The fourth-order valence-corrected chi connectivity index (χ4v) is 2.33. The second kappa shape index (κ2) is 5.09. The number of alkyl halides is 2. The van der Waals surface area contributed by atoms with Crippen LogP contribution in [0.5, 0.6) is 5.75 Å². The van der Waals surface area contributed by atoms with Gasteiger partial charge in [0.05, 0.1) is 12.9 Å². The molecule has 0 saturated heterocycles. The summed E-state index contributed by atoms with van der Waals surface area (Å²) < 4.78 is 52.0. The highest BCUT2D eigenvalue weighted by molar-refractivity contribution is 9.10. The zero-order valence-electron chi connectivity index (χ0n) is 8.28. The summed E-state index contributed by atoms with van der Waals surface area (Å²) in [4.78, 5) is 0. The average molecular weight is 315 g/mol. The maximum atomic E-state index is 12.2. The molecule has 0 unspecified atom stereocenters. The molecule has 1 rings (SSSR count). The number of ether oxygens (including phenoxy) is 1. The van der Waals surface area contributed by atoms with Gasteiger partial charge < -0.3 is 4.74 Å². The smallest absolute Gasteiger partial charge is 0.337 e. The summed E-state index contributed by atoms with van der Waals surface area (Å²) in [6, 6.07) is 4.59. The maximum absolute atomic E-state index is 12.2. The van der Waals surface area contributed by atoms with Gasteiger partial charge in [-0.15, -0.1) is 0 Å². The zero-order valence-corrected chi connectivity index (χ0v) is 10.7. The molecule has 1 aromatic rings. The second-order valence-corrected chi connectivity index (χ2v) is 5.91. The molecule has 0 atom stereocenters. The molecule has 0 aliphatic carbocycles. The van der Waals surface area contributed by atoms with Crippen molar-refractivity contribution in [3.05, 3.63) is 28.2 Å². The van der Waals surface area contributed by atoms with Crippen molar-refractivity contribution in [3.63, 3.8) is 0 Å². The fourth-order valence-electron chi connectivity index (χ4n) is 1.14. The molecular weight excluding hydrogens is 306 g/mol. The van der Waals surface area contributed by atoms with E-state index in [0.717, 1.165) is 0 Å². The van der Waals surface area contributed by atoms with E-state index in [0.29, 0.717) is 4.47 Å². The average Bonchev–Trinajstić information content (AvgIpc) is 2.17. The lowest BCUT2D eigenvalue weighted by atomic mass is 10.2. The molecule has 0 bridgehead atoms. The number of methoxy groups -OCH3 is 1. The van der Waals surface area contributed by atoms with Crippen LogP contribution in [-0.4, -0.2) is 21.3 Å². The number of rotatable bonds is 4. The maximum Gasteiger partial charge on any atom is 0.337 e. The first-order valence-corrected chi connectivity index (χ1v) is 6.70. The van der Waals surface area contributed by atoms with Crippen LogP contribution in [0.3, 0.4) is 0 Å². The minimum absolute atomic E-state index is 0.206. The van der Waals surface area contributed by atoms with E-state index in [1.165, 1.54) is 19.2 Å². The zero-order chi connectivity index (χ0) is 12.3. The first-order chi connectivity index (χ1) is 7.36.